The Morgan fingerprint density at radius 2 is 2.16 bits per heavy atom. The molecule has 1 saturated heterocycles. The first-order chi connectivity index (χ1) is 15.2. The van der Waals surface area contributed by atoms with Crippen molar-refractivity contribution in [3.05, 3.63) is 45.9 Å². The number of anilines is 1. The lowest BCUT2D eigenvalue weighted by molar-refractivity contribution is -0.127. The standard InChI is InChI=1S/C24H33N5OS.HI/c1-3-19-16-27-22(31-19)11-13-26-24(25-4-2)29-17-18(20-8-5-6-9-21(20)29)12-15-28-14-7-10-23(28)30;/h5-6,8-9,16,18H,3-4,7,10-15,17H2,1-2H3,(H,25,26);1H. The van der Waals surface area contributed by atoms with Gasteiger partial charge in [0.1, 0.15) is 0 Å². The van der Waals surface area contributed by atoms with E-state index in [9.17, 15) is 4.79 Å². The highest BCUT2D eigenvalue weighted by Crippen LogP contribution is 2.38. The molecule has 0 bridgehead atoms. The molecule has 0 radical (unpaired) electrons. The second-order valence-corrected chi connectivity index (χ2v) is 9.40. The quantitative estimate of drug-likeness (QED) is 0.291. The van der Waals surface area contributed by atoms with Crippen LogP contribution >= 0.6 is 35.3 Å². The molecule has 0 saturated carbocycles. The number of benzene rings is 1. The van der Waals surface area contributed by atoms with Gasteiger partial charge >= 0.3 is 0 Å². The lowest BCUT2D eigenvalue weighted by atomic mass is 9.98. The fourth-order valence-electron chi connectivity index (χ4n) is 4.47. The van der Waals surface area contributed by atoms with Crippen LogP contribution in [0.15, 0.2) is 35.5 Å². The molecule has 2 aliphatic heterocycles. The van der Waals surface area contributed by atoms with Gasteiger partial charge in [-0.3, -0.25) is 9.79 Å². The Morgan fingerprint density at radius 3 is 2.88 bits per heavy atom. The molecule has 0 spiro atoms. The minimum absolute atomic E-state index is 0. The van der Waals surface area contributed by atoms with Gasteiger partial charge < -0.3 is 15.1 Å². The van der Waals surface area contributed by atoms with Crippen molar-refractivity contribution in [1.29, 1.82) is 0 Å². The molecule has 6 nitrogen and oxygen atoms in total. The van der Waals surface area contributed by atoms with E-state index in [0.29, 0.717) is 18.2 Å². The van der Waals surface area contributed by atoms with Crippen LogP contribution in [-0.2, 0) is 17.6 Å². The predicted molar refractivity (Wildman–Crippen MR) is 144 cm³/mol. The minimum Gasteiger partial charge on any atom is -0.356 e. The van der Waals surface area contributed by atoms with Crippen LogP contribution in [0.5, 0.6) is 0 Å². The Kier molecular flexibility index (Phi) is 9.34. The normalized spacial score (nSPS) is 18.1. The Morgan fingerprint density at radius 1 is 1.31 bits per heavy atom. The smallest absolute Gasteiger partial charge is 0.222 e. The highest BCUT2D eigenvalue weighted by atomic mass is 127. The molecule has 8 heteroatoms. The highest BCUT2D eigenvalue weighted by Gasteiger charge is 2.32. The molecule has 174 valence electrons. The largest absolute Gasteiger partial charge is 0.356 e. The summed E-state index contributed by atoms with van der Waals surface area (Å²) in [5.74, 6) is 1.67. The van der Waals surface area contributed by atoms with Gasteiger partial charge in [0.2, 0.25) is 5.91 Å². The third kappa shape index (κ3) is 5.81. The highest BCUT2D eigenvalue weighted by molar-refractivity contribution is 14.0. The Labute approximate surface area is 212 Å². The van der Waals surface area contributed by atoms with Gasteiger partial charge in [0.25, 0.3) is 0 Å². The summed E-state index contributed by atoms with van der Waals surface area (Å²) >= 11 is 1.79. The number of carbonyl (C=O) groups excluding carboxylic acids is 1. The summed E-state index contributed by atoms with van der Waals surface area (Å²) in [6.45, 7) is 8.51. The molecular formula is C24H34IN5OS. The monoisotopic (exact) mass is 567 g/mol. The lowest BCUT2D eigenvalue weighted by Gasteiger charge is -2.23. The molecule has 1 unspecified atom stereocenters. The molecule has 1 amide bonds. The van der Waals surface area contributed by atoms with Crippen LogP contribution in [-0.4, -0.2) is 54.5 Å². The number of rotatable bonds is 8. The first-order valence-electron chi connectivity index (χ1n) is 11.6. The van der Waals surface area contributed by atoms with Crippen molar-refractivity contribution < 1.29 is 4.79 Å². The third-order valence-electron chi connectivity index (χ3n) is 6.12. The molecule has 3 heterocycles. The van der Waals surface area contributed by atoms with Gasteiger partial charge in [0, 0.05) is 68.2 Å². The average molecular weight is 568 g/mol. The van der Waals surface area contributed by atoms with Gasteiger partial charge in [-0.15, -0.1) is 35.3 Å². The first kappa shape index (κ1) is 25.0. The number of nitrogens with zero attached hydrogens (tertiary/aromatic N) is 4. The number of thiazole rings is 1. The van der Waals surface area contributed by atoms with Crippen LogP contribution in [0.4, 0.5) is 5.69 Å². The fraction of sp³-hybridized carbons (Fsp3) is 0.542. The number of fused-ring (bicyclic) bond motifs is 1. The maximum absolute atomic E-state index is 12.0. The Hall–Kier alpha value is -1.68. The van der Waals surface area contributed by atoms with Gasteiger partial charge in [-0.2, -0.15) is 0 Å². The molecular weight excluding hydrogens is 533 g/mol. The van der Waals surface area contributed by atoms with E-state index in [1.807, 2.05) is 11.1 Å². The van der Waals surface area contributed by atoms with E-state index in [1.165, 1.54) is 16.1 Å². The van der Waals surface area contributed by atoms with Gasteiger partial charge in [0.05, 0.1) is 5.01 Å². The summed E-state index contributed by atoms with van der Waals surface area (Å²) in [7, 11) is 0. The first-order valence-corrected chi connectivity index (χ1v) is 12.4. The summed E-state index contributed by atoms with van der Waals surface area (Å²) < 4.78 is 0. The van der Waals surface area contributed by atoms with Crippen LogP contribution in [0.3, 0.4) is 0 Å². The van der Waals surface area contributed by atoms with Crippen LogP contribution < -0.4 is 10.2 Å². The molecule has 1 N–H and O–H groups in total. The molecule has 4 rings (SSSR count). The van der Waals surface area contributed by atoms with E-state index >= 15 is 0 Å². The number of aromatic nitrogens is 1. The summed E-state index contributed by atoms with van der Waals surface area (Å²) in [6.07, 6.45) is 6.61. The van der Waals surface area contributed by atoms with E-state index in [2.05, 4.69) is 53.3 Å². The number of halogens is 1. The number of amides is 1. The second kappa shape index (κ2) is 12.0. The maximum Gasteiger partial charge on any atom is 0.222 e. The Balaban J connectivity index is 0.00000289. The number of likely N-dealkylation sites (tertiary alicyclic amines) is 1. The topological polar surface area (TPSA) is 60.8 Å². The number of carbonyl (C=O) groups is 1. The van der Waals surface area contributed by atoms with Crippen molar-refractivity contribution in [2.45, 2.75) is 51.9 Å². The van der Waals surface area contributed by atoms with E-state index in [1.54, 1.807) is 11.3 Å². The van der Waals surface area contributed by atoms with Crippen molar-refractivity contribution in [3.8, 4) is 0 Å². The lowest BCUT2D eigenvalue weighted by Crippen LogP contribution is -2.41. The molecule has 1 aromatic carbocycles. The van der Waals surface area contributed by atoms with Gasteiger partial charge in [0.15, 0.2) is 5.96 Å². The fourth-order valence-corrected chi connectivity index (χ4v) is 5.33. The van der Waals surface area contributed by atoms with Crippen molar-refractivity contribution in [2.24, 2.45) is 4.99 Å². The molecule has 2 aromatic rings. The zero-order valence-electron chi connectivity index (χ0n) is 19.0. The number of guanidine groups is 1. The van der Waals surface area contributed by atoms with Gasteiger partial charge in [-0.05, 0) is 37.8 Å². The van der Waals surface area contributed by atoms with Crippen LogP contribution in [0.25, 0.3) is 0 Å². The SMILES string of the molecule is CCNC(=NCCc1ncc(CC)s1)N1CC(CCN2CCCC2=O)c2ccccc21.I. The van der Waals surface area contributed by atoms with Crippen molar-refractivity contribution in [1.82, 2.24) is 15.2 Å². The van der Waals surface area contributed by atoms with Crippen molar-refractivity contribution in [2.75, 3.05) is 37.6 Å². The molecule has 1 atom stereocenters. The van der Waals surface area contributed by atoms with E-state index in [-0.39, 0.29) is 24.0 Å². The number of para-hydroxylation sites is 1. The number of aliphatic imine (C=N–C) groups is 1. The van der Waals surface area contributed by atoms with E-state index in [4.69, 9.17) is 4.99 Å². The Bertz CT molecular complexity index is 931. The van der Waals surface area contributed by atoms with E-state index in [0.717, 1.165) is 69.4 Å². The summed E-state index contributed by atoms with van der Waals surface area (Å²) in [5, 5.41) is 4.65. The minimum atomic E-state index is 0. The zero-order valence-corrected chi connectivity index (χ0v) is 22.2. The average Bonchev–Trinajstić information content (AvgIpc) is 3.50. The molecule has 32 heavy (non-hydrogen) atoms. The van der Waals surface area contributed by atoms with Gasteiger partial charge in [-0.1, -0.05) is 25.1 Å². The molecule has 1 aromatic heterocycles. The second-order valence-electron chi connectivity index (χ2n) is 8.20. The number of hydrogen-bond donors (Lipinski definition) is 1. The molecule has 1 fully saturated rings. The molecule has 2 aliphatic rings. The zero-order chi connectivity index (χ0) is 21.6. The van der Waals surface area contributed by atoms with Crippen LogP contribution in [0, 0.1) is 0 Å². The summed E-state index contributed by atoms with van der Waals surface area (Å²) in [5.41, 5.74) is 2.61. The van der Waals surface area contributed by atoms with Crippen molar-refractivity contribution >= 4 is 52.9 Å². The summed E-state index contributed by atoms with van der Waals surface area (Å²) in [4.78, 5) is 27.2. The number of hydrogen-bond acceptors (Lipinski definition) is 4. The van der Waals surface area contributed by atoms with E-state index < -0.39 is 0 Å². The number of aryl methyl sites for hydroxylation is 1. The van der Waals surface area contributed by atoms with Gasteiger partial charge in [-0.25, -0.2) is 4.98 Å². The number of nitrogens with one attached hydrogen (secondary N) is 1. The van der Waals surface area contributed by atoms with Crippen molar-refractivity contribution in [3.63, 3.8) is 0 Å². The van der Waals surface area contributed by atoms with Crippen LogP contribution in [0.1, 0.15) is 54.5 Å². The van der Waals surface area contributed by atoms with Crippen LogP contribution in [0.2, 0.25) is 0 Å². The summed E-state index contributed by atoms with van der Waals surface area (Å²) in [6, 6.07) is 8.65. The predicted octanol–water partition coefficient (Wildman–Crippen LogP) is 4.45. The molecule has 0 aliphatic carbocycles. The third-order valence-corrected chi connectivity index (χ3v) is 7.32. The maximum atomic E-state index is 12.0.